The van der Waals surface area contributed by atoms with Gasteiger partial charge >= 0.3 is 0 Å². The Morgan fingerprint density at radius 3 is 2.60 bits per heavy atom. The number of halogens is 1. The second kappa shape index (κ2) is 8.31. The van der Waals surface area contributed by atoms with Crippen molar-refractivity contribution >= 4 is 24.2 Å². The number of thioether (sulfide) groups is 1. The lowest BCUT2D eigenvalue weighted by molar-refractivity contribution is 0.0667. The van der Waals surface area contributed by atoms with Crippen LogP contribution >= 0.6 is 24.2 Å². The fraction of sp³-hybridized carbons (Fsp3) is 0.647. The van der Waals surface area contributed by atoms with Gasteiger partial charge in [-0.1, -0.05) is 31.0 Å². The topological polar surface area (TPSA) is 3.24 Å². The van der Waals surface area contributed by atoms with Crippen LogP contribution in [0.15, 0.2) is 35.2 Å². The molecule has 1 aliphatic carbocycles. The molecule has 2 atom stereocenters. The van der Waals surface area contributed by atoms with Crippen LogP contribution in [0.3, 0.4) is 0 Å². The van der Waals surface area contributed by atoms with E-state index in [1.807, 2.05) is 11.8 Å². The predicted molar refractivity (Wildman–Crippen MR) is 91.0 cm³/mol. The van der Waals surface area contributed by atoms with E-state index in [2.05, 4.69) is 35.2 Å². The summed E-state index contributed by atoms with van der Waals surface area (Å²) in [6, 6.07) is 11.7. The van der Waals surface area contributed by atoms with Crippen LogP contribution in [0.5, 0.6) is 0 Å². The Labute approximate surface area is 133 Å². The third kappa shape index (κ3) is 4.16. The Morgan fingerprint density at radius 2 is 1.75 bits per heavy atom. The summed E-state index contributed by atoms with van der Waals surface area (Å²) >= 11 is 2.01. The highest BCUT2D eigenvalue weighted by Crippen LogP contribution is 2.35. The number of piperidine rings is 1. The van der Waals surface area contributed by atoms with Gasteiger partial charge < -0.3 is 0 Å². The zero-order valence-corrected chi connectivity index (χ0v) is 13.8. The first-order valence-corrected chi connectivity index (χ1v) is 8.84. The Balaban J connectivity index is 0.00000147. The molecular weight excluding hydrogens is 286 g/mol. The maximum atomic E-state index is 2.79. The number of nitrogens with zero attached hydrogens (tertiary/aromatic N) is 1. The van der Waals surface area contributed by atoms with Crippen molar-refractivity contribution in [2.45, 2.75) is 49.5 Å². The molecule has 112 valence electrons. The molecule has 20 heavy (non-hydrogen) atoms. The molecule has 0 radical (unpaired) electrons. The summed E-state index contributed by atoms with van der Waals surface area (Å²) in [6.07, 6.45) is 8.81. The zero-order chi connectivity index (χ0) is 12.9. The third-order valence-electron chi connectivity index (χ3n) is 4.75. The smallest absolute Gasteiger partial charge is 0.0124 e. The summed E-state index contributed by atoms with van der Waals surface area (Å²) in [5.41, 5.74) is 0. The van der Waals surface area contributed by atoms with Crippen LogP contribution in [0, 0.1) is 5.92 Å². The maximum absolute atomic E-state index is 2.79. The second-order valence-corrected chi connectivity index (χ2v) is 7.12. The molecule has 2 aliphatic rings. The van der Waals surface area contributed by atoms with Crippen LogP contribution in [0.2, 0.25) is 0 Å². The molecule has 0 aromatic heterocycles. The van der Waals surface area contributed by atoms with Crippen molar-refractivity contribution in [1.29, 1.82) is 0 Å². The van der Waals surface area contributed by atoms with Crippen LogP contribution in [-0.2, 0) is 0 Å². The predicted octanol–water partition coefficient (Wildman–Crippen LogP) is 4.86. The minimum absolute atomic E-state index is 0. The van der Waals surface area contributed by atoms with Gasteiger partial charge in [-0.25, -0.2) is 0 Å². The molecule has 0 bridgehead atoms. The third-order valence-corrected chi connectivity index (χ3v) is 5.74. The van der Waals surface area contributed by atoms with E-state index in [1.54, 1.807) is 0 Å². The van der Waals surface area contributed by atoms with Crippen LogP contribution < -0.4 is 0 Å². The van der Waals surface area contributed by atoms with Gasteiger partial charge in [0.05, 0.1) is 0 Å². The molecule has 1 nitrogen and oxygen atoms in total. The largest absolute Gasteiger partial charge is 0.299 e. The maximum Gasteiger partial charge on any atom is 0.0124 e. The van der Waals surface area contributed by atoms with Crippen LogP contribution in [0.1, 0.15) is 38.5 Å². The quantitative estimate of drug-likeness (QED) is 0.731. The second-order valence-electron chi connectivity index (χ2n) is 5.95. The van der Waals surface area contributed by atoms with E-state index < -0.39 is 0 Å². The molecule has 0 amide bonds. The fourth-order valence-corrected chi connectivity index (χ4v) is 4.71. The van der Waals surface area contributed by atoms with Crippen LogP contribution in [0.25, 0.3) is 0 Å². The highest BCUT2D eigenvalue weighted by Gasteiger charge is 2.32. The molecule has 1 saturated carbocycles. The normalized spacial score (nSPS) is 26.6. The molecule has 2 fully saturated rings. The first kappa shape index (κ1) is 16.2. The Bertz CT molecular complexity index is 382. The average Bonchev–Trinajstić information content (AvgIpc) is 2.49. The molecule has 0 spiro atoms. The van der Waals surface area contributed by atoms with Crippen molar-refractivity contribution in [3.8, 4) is 0 Å². The Hall–Kier alpha value is -0.180. The van der Waals surface area contributed by atoms with Crippen molar-refractivity contribution in [2.75, 3.05) is 18.8 Å². The molecule has 3 heteroatoms. The zero-order valence-electron chi connectivity index (χ0n) is 12.2. The van der Waals surface area contributed by atoms with E-state index >= 15 is 0 Å². The van der Waals surface area contributed by atoms with E-state index in [0.29, 0.717) is 0 Å². The molecule has 3 rings (SSSR count). The van der Waals surface area contributed by atoms with Crippen molar-refractivity contribution in [3.63, 3.8) is 0 Å². The van der Waals surface area contributed by atoms with Crippen molar-refractivity contribution in [1.82, 2.24) is 4.90 Å². The first-order chi connectivity index (χ1) is 9.43. The molecule has 1 saturated heterocycles. The minimum Gasteiger partial charge on any atom is -0.299 e. The number of fused-ring (bicyclic) bond motifs is 1. The summed E-state index contributed by atoms with van der Waals surface area (Å²) in [5, 5.41) is 0. The molecule has 2 unspecified atom stereocenters. The lowest BCUT2D eigenvalue weighted by atomic mass is 9.78. The van der Waals surface area contributed by atoms with Crippen LogP contribution in [0.4, 0.5) is 0 Å². The summed E-state index contributed by atoms with van der Waals surface area (Å²) < 4.78 is 0. The summed E-state index contributed by atoms with van der Waals surface area (Å²) in [7, 11) is 0. The summed E-state index contributed by atoms with van der Waals surface area (Å²) in [6.45, 7) is 2.62. The average molecular weight is 312 g/mol. The van der Waals surface area contributed by atoms with Crippen molar-refractivity contribution < 1.29 is 0 Å². The Kier molecular flexibility index (Phi) is 6.73. The molecule has 1 aromatic carbocycles. The van der Waals surface area contributed by atoms with Crippen molar-refractivity contribution in [3.05, 3.63) is 30.3 Å². The van der Waals surface area contributed by atoms with E-state index in [1.165, 1.54) is 62.3 Å². The van der Waals surface area contributed by atoms with Gasteiger partial charge in [0.1, 0.15) is 0 Å². The van der Waals surface area contributed by atoms with Crippen molar-refractivity contribution in [2.24, 2.45) is 5.92 Å². The Morgan fingerprint density at radius 1 is 1.00 bits per heavy atom. The van der Waals surface area contributed by atoms with Gasteiger partial charge in [0.15, 0.2) is 0 Å². The number of hydrogen-bond acceptors (Lipinski definition) is 2. The van der Waals surface area contributed by atoms with E-state index in [-0.39, 0.29) is 12.4 Å². The SMILES string of the molecule is Cl.c1ccc(SCCN2CCCC3CCCCC32)cc1. The lowest BCUT2D eigenvalue weighted by Crippen LogP contribution is -2.47. The van der Waals surface area contributed by atoms with Gasteiger partial charge in [0, 0.05) is 23.2 Å². The molecular formula is C17H26ClNS. The molecule has 0 N–H and O–H groups in total. The van der Waals surface area contributed by atoms with Gasteiger partial charge in [-0.2, -0.15) is 0 Å². The number of likely N-dealkylation sites (tertiary alicyclic amines) is 1. The van der Waals surface area contributed by atoms with Gasteiger partial charge in [-0.05, 0) is 50.3 Å². The first-order valence-electron chi connectivity index (χ1n) is 7.85. The van der Waals surface area contributed by atoms with E-state index in [0.717, 1.165) is 12.0 Å². The summed E-state index contributed by atoms with van der Waals surface area (Å²) in [4.78, 5) is 4.21. The number of hydrogen-bond donors (Lipinski definition) is 0. The van der Waals surface area contributed by atoms with Gasteiger partial charge in [-0.15, -0.1) is 24.2 Å². The van der Waals surface area contributed by atoms with E-state index in [4.69, 9.17) is 0 Å². The molecule has 1 aliphatic heterocycles. The molecule has 1 heterocycles. The highest BCUT2D eigenvalue weighted by molar-refractivity contribution is 7.99. The monoisotopic (exact) mass is 311 g/mol. The number of rotatable bonds is 4. The minimum atomic E-state index is 0. The lowest BCUT2D eigenvalue weighted by Gasteiger charge is -2.44. The highest BCUT2D eigenvalue weighted by atomic mass is 35.5. The number of benzene rings is 1. The standard InChI is InChI=1S/C17H25NS.ClH/c1-2-9-16(10-3-1)19-14-13-18-12-6-8-15-7-4-5-11-17(15)18;/h1-3,9-10,15,17H,4-8,11-14H2;1H. The van der Waals surface area contributed by atoms with Gasteiger partial charge in [0.2, 0.25) is 0 Å². The fourth-order valence-electron chi connectivity index (χ4n) is 3.80. The van der Waals surface area contributed by atoms with Crippen LogP contribution in [-0.4, -0.2) is 29.8 Å². The van der Waals surface area contributed by atoms with Gasteiger partial charge in [0.25, 0.3) is 0 Å². The van der Waals surface area contributed by atoms with Gasteiger partial charge in [-0.3, -0.25) is 4.90 Å². The van der Waals surface area contributed by atoms with E-state index in [9.17, 15) is 0 Å². The summed E-state index contributed by atoms with van der Waals surface area (Å²) in [5.74, 6) is 2.26. The molecule has 1 aromatic rings.